The van der Waals surface area contributed by atoms with Crippen LogP contribution in [-0.4, -0.2) is 23.3 Å². The summed E-state index contributed by atoms with van der Waals surface area (Å²) in [5.41, 5.74) is 8.95. The molecule has 2 aromatic rings. The molecule has 1 aliphatic heterocycles. The first-order chi connectivity index (χ1) is 11.7. The number of hydrogen-bond acceptors (Lipinski definition) is 3. The van der Waals surface area contributed by atoms with Gasteiger partial charge in [0.1, 0.15) is 0 Å². The lowest BCUT2D eigenvalue weighted by molar-refractivity contribution is -0.128. The third-order valence-corrected chi connectivity index (χ3v) is 4.21. The maximum atomic E-state index is 12.2. The van der Waals surface area contributed by atoms with E-state index in [1.807, 2.05) is 41.3 Å². The lowest BCUT2D eigenvalue weighted by Gasteiger charge is -2.15. The molecule has 24 heavy (non-hydrogen) atoms. The smallest absolute Gasteiger partial charge is 0.255 e. The normalized spacial score (nSPS) is 14.0. The topological polar surface area (TPSA) is 75.4 Å². The van der Waals surface area contributed by atoms with Crippen molar-refractivity contribution < 1.29 is 9.59 Å². The third kappa shape index (κ3) is 3.81. The SMILES string of the molecule is NCc1ccc(C(=O)Nc2ccc(CN3CCCC3=O)cc2)cc1. The predicted octanol–water partition coefficient (Wildman–Crippen LogP) is 2.52. The van der Waals surface area contributed by atoms with Crippen LogP contribution < -0.4 is 11.1 Å². The maximum absolute atomic E-state index is 12.2. The van der Waals surface area contributed by atoms with E-state index in [9.17, 15) is 9.59 Å². The van der Waals surface area contributed by atoms with E-state index >= 15 is 0 Å². The van der Waals surface area contributed by atoms with Gasteiger partial charge in [0.05, 0.1) is 0 Å². The fourth-order valence-corrected chi connectivity index (χ4v) is 2.78. The molecule has 2 amide bonds. The van der Waals surface area contributed by atoms with Gasteiger partial charge in [-0.1, -0.05) is 24.3 Å². The van der Waals surface area contributed by atoms with E-state index in [2.05, 4.69) is 5.32 Å². The molecule has 1 heterocycles. The summed E-state index contributed by atoms with van der Waals surface area (Å²) in [6, 6.07) is 14.9. The minimum atomic E-state index is -0.152. The minimum absolute atomic E-state index is 0.152. The lowest BCUT2D eigenvalue weighted by atomic mass is 10.1. The first-order valence-electron chi connectivity index (χ1n) is 8.13. The number of carbonyl (C=O) groups excluding carboxylic acids is 2. The van der Waals surface area contributed by atoms with Crippen molar-refractivity contribution >= 4 is 17.5 Å². The van der Waals surface area contributed by atoms with Gasteiger partial charge in [-0.3, -0.25) is 9.59 Å². The summed E-state index contributed by atoms with van der Waals surface area (Å²) in [5.74, 6) is 0.0642. The molecule has 0 radical (unpaired) electrons. The van der Waals surface area contributed by atoms with Gasteiger partial charge in [0.2, 0.25) is 5.91 Å². The second-order valence-corrected chi connectivity index (χ2v) is 5.97. The van der Waals surface area contributed by atoms with E-state index in [-0.39, 0.29) is 11.8 Å². The summed E-state index contributed by atoms with van der Waals surface area (Å²) in [4.78, 5) is 25.7. The first kappa shape index (κ1) is 16.2. The van der Waals surface area contributed by atoms with Crippen LogP contribution in [-0.2, 0) is 17.9 Å². The highest BCUT2D eigenvalue weighted by molar-refractivity contribution is 6.04. The molecule has 0 unspecified atom stereocenters. The number of anilines is 1. The molecule has 1 saturated heterocycles. The molecule has 5 heteroatoms. The number of likely N-dealkylation sites (tertiary alicyclic amines) is 1. The highest BCUT2D eigenvalue weighted by Gasteiger charge is 2.19. The summed E-state index contributed by atoms with van der Waals surface area (Å²) in [5, 5.41) is 2.87. The van der Waals surface area contributed by atoms with E-state index in [0.717, 1.165) is 29.8 Å². The average molecular weight is 323 g/mol. The van der Waals surface area contributed by atoms with Crippen molar-refractivity contribution in [3.8, 4) is 0 Å². The molecule has 1 aliphatic rings. The monoisotopic (exact) mass is 323 g/mol. The van der Waals surface area contributed by atoms with Gasteiger partial charge in [-0.05, 0) is 41.8 Å². The molecule has 0 spiro atoms. The number of nitrogens with zero attached hydrogens (tertiary/aromatic N) is 1. The molecular weight excluding hydrogens is 302 g/mol. The molecule has 0 aliphatic carbocycles. The fourth-order valence-electron chi connectivity index (χ4n) is 2.78. The molecule has 0 saturated carbocycles. The summed E-state index contributed by atoms with van der Waals surface area (Å²) in [6.45, 7) is 1.92. The minimum Gasteiger partial charge on any atom is -0.338 e. The molecule has 0 bridgehead atoms. The number of amides is 2. The van der Waals surface area contributed by atoms with Crippen LogP contribution in [0.3, 0.4) is 0 Å². The fraction of sp³-hybridized carbons (Fsp3) is 0.263. The van der Waals surface area contributed by atoms with Crippen LogP contribution in [0.2, 0.25) is 0 Å². The molecule has 0 atom stereocenters. The molecule has 2 aromatic carbocycles. The van der Waals surface area contributed by atoms with E-state index in [4.69, 9.17) is 5.73 Å². The van der Waals surface area contributed by atoms with Crippen LogP contribution in [0.25, 0.3) is 0 Å². The second-order valence-electron chi connectivity index (χ2n) is 5.97. The van der Waals surface area contributed by atoms with Gasteiger partial charge in [0.15, 0.2) is 0 Å². The van der Waals surface area contributed by atoms with Crippen molar-refractivity contribution in [3.63, 3.8) is 0 Å². The molecule has 0 aromatic heterocycles. The van der Waals surface area contributed by atoms with Crippen molar-refractivity contribution in [1.29, 1.82) is 0 Å². The number of nitrogens with two attached hydrogens (primary N) is 1. The number of carbonyl (C=O) groups is 2. The Labute approximate surface area is 141 Å². The Balaban J connectivity index is 1.60. The molecule has 3 N–H and O–H groups in total. The zero-order chi connectivity index (χ0) is 16.9. The molecular formula is C19H21N3O2. The van der Waals surface area contributed by atoms with Gasteiger partial charge in [0.25, 0.3) is 5.91 Å². The van der Waals surface area contributed by atoms with Crippen molar-refractivity contribution in [3.05, 3.63) is 65.2 Å². The van der Waals surface area contributed by atoms with Gasteiger partial charge >= 0.3 is 0 Å². The predicted molar refractivity (Wildman–Crippen MR) is 93.4 cm³/mol. The van der Waals surface area contributed by atoms with E-state index in [1.165, 1.54) is 0 Å². The quantitative estimate of drug-likeness (QED) is 0.888. The van der Waals surface area contributed by atoms with Crippen LogP contribution in [0.15, 0.2) is 48.5 Å². The van der Waals surface area contributed by atoms with Gasteiger partial charge in [-0.15, -0.1) is 0 Å². The Kier molecular flexibility index (Phi) is 4.91. The van der Waals surface area contributed by atoms with Crippen LogP contribution in [0, 0.1) is 0 Å². The Morgan fingerprint density at radius 3 is 2.29 bits per heavy atom. The Bertz CT molecular complexity index is 723. The summed E-state index contributed by atoms with van der Waals surface area (Å²) >= 11 is 0. The van der Waals surface area contributed by atoms with Crippen molar-refractivity contribution in [2.24, 2.45) is 5.73 Å². The van der Waals surface area contributed by atoms with Crippen molar-refractivity contribution in [2.75, 3.05) is 11.9 Å². The summed E-state index contributed by atoms with van der Waals surface area (Å²) in [6.07, 6.45) is 1.59. The number of nitrogens with one attached hydrogen (secondary N) is 1. The highest BCUT2D eigenvalue weighted by Crippen LogP contribution is 2.17. The number of hydrogen-bond donors (Lipinski definition) is 2. The van der Waals surface area contributed by atoms with Crippen molar-refractivity contribution in [2.45, 2.75) is 25.9 Å². The average Bonchev–Trinajstić information content (AvgIpc) is 3.01. The molecule has 5 nitrogen and oxygen atoms in total. The van der Waals surface area contributed by atoms with Crippen LogP contribution >= 0.6 is 0 Å². The number of rotatable bonds is 5. The standard InChI is InChI=1S/C19H21N3O2/c20-12-14-3-7-16(8-4-14)19(24)21-17-9-5-15(6-10-17)13-22-11-1-2-18(22)23/h3-10H,1-2,11-13,20H2,(H,21,24). The van der Waals surface area contributed by atoms with Crippen LogP contribution in [0.1, 0.15) is 34.3 Å². The molecule has 124 valence electrons. The molecule has 3 rings (SSSR count). The Morgan fingerprint density at radius 1 is 1.04 bits per heavy atom. The third-order valence-electron chi connectivity index (χ3n) is 4.21. The van der Waals surface area contributed by atoms with E-state index < -0.39 is 0 Å². The van der Waals surface area contributed by atoms with Gasteiger partial charge in [-0.2, -0.15) is 0 Å². The Hall–Kier alpha value is -2.66. The van der Waals surface area contributed by atoms with Crippen molar-refractivity contribution in [1.82, 2.24) is 4.90 Å². The van der Waals surface area contributed by atoms with E-state index in [1.54, 1.807) is 12.1 Å². The van der Waals surface area contributed by atoms with Gasteiger partial charge < -0.3 is 16.0 Å². The van der Waals surface area contributed by atoms with Gasteiger partial charge in [0, 0.05) is 37.3 Å². The van der Waals surface area contributed by atoms with E-state index in [0.29, 0.717) is 25.1 Å². The largest absolute Gasteiger partial charge is 0.338 e. The highest BCUT2D eigenvalue weighted by atomic mass is 16.2. The lowest BCUT2D eigenvalue weighted by Crippen LogP contribution is -2.23. The summed E-state index contributed by atoms with van der Waals surface area (Å²) < 4.78 is 0. The maximum Gasteiger partial charge on any atom is 0.255 e. The first-order valence-corrected chi connectivity index (χ1v) is 8.13. The zero-order valence-electron chi connectivity index (χ0n) is 13.5. The van der Waals surface area contributed by atoms with Crippen LogP contribution in [0.5, 0.6) is 0 Å². The molecule has 1 fully saturated rings. The summed E-state index contributed by atoms with van der Waals surface area (Å²) in [7, 11) is 0. The van der Waals surface area contributed by atoms with Gasteiger partial charge in [-0.25, -0.2) is 0 Å². The second kappa shape index (κ2) is 7.27. The Morgan fingerprint density at radius 2 is 1.71 bits per heavy atom. The zero-order valence-corrected chi connectivity index (χ0v) is 13.5. The number of benzene rings is 2. The van der Waals surface area contributed by atoms with Crippen LogP contribution in [0.4, 0.5) is 5.69 Å².